The van der Waals surface area contributed by atoms with E-state index in [9.17, 15) is 5.11 Å². The lowest BCUT2D eigenvalue weighted by atomic mass is 10.7. The van der Waals surface area contributed by atoms with Gasteiger partial charge in [0.2, 0.25) is 0 Å². The Morgan fingerprint density at radius 2 is 2.38 bits per heavy atom. The van der Waals surface area contributed by atoms with E-state index in [1.807, 2.05) is 0 Å². The fourth-order valence-corrected chi connectivity index (χ4v) is 0.355. The first-order chi connectivity index (χ1) is 3.81. The summed E-state index contributed by atoms with van der Waals surface area (Å²) in [5.41, 5.74) is 0. The van der Waals surface area contributed by atoms with Crippen LogP contribution in [0.25, 0.3) is 0 Å². The first-order valence-corrected chi connectivity index (χ1v) is 2.75. The molecule has 0 aromatic heterocycles. The highest BCUT2D eigenvalue weighted by atomic mass is 32.1. The maximum Gasteiger partial charge on any atom is 0.166 e. The largest absolute Gasteiger partial charge is 0.366 e. The van der Waals surface area contributed by atoms with Gasteiger partial charge in [-0.05, 0) is 12.2 Å². The molecule has 0 fully saturated rings. The quantitative estimate of drug-likeness (QED) is 0.500. The van der Waals surface area contributed by atoms with Gasteiger partial charge >= 0.3 is 0 Å². The molecule has 0 saturated carbocycles. The van der Waals surface area contributed by atoms with Crippen LogP contribution in [0.1, 0.15) is 0 Å². The van der Waals surface area contributed by atoms with Crippen molar-refractivity contribution in [2.24, 2.45) is 0 Å². The summed E-state index contributed by atoms with van der Waals surface area (Å²) in [4.78, 5) is 0. The molecule has 0 heterocycles. The predicted octanol–water partition coefficient (Wildman–Crippen LogP) is -0.489. The average molecular weight is 133 g/mol. The zero-order chi connectivity index (χ0) is 6.41. The Balaban J connectivity index is 2.99. The third-order valence-electron chi connectivity index (χ3n) is 0.615. The summed E-state index contributed by atoms with van der Waals surface area (Å²) in [7, 11) is 1.71. The monoisotopic (exact) mass is 133 g/mol. The number of hydrogen-bond donors (Lipinski definition) is 2. The number of nitrogens with one attached hydrogen (secondary N) is 2. The Kier molecular flexibility index (Phi) is 4.59. The SMILES string of the molecule is CNC(=S)NCC[O]. The molecule has 0 aromatic rings. The molecule has 0 aromatic carbocycles. The molecule has 2 N–H and O–H groups in total. The van der Waals surface area contributed by atoms with Crippen molar-refractivity contribution in [3.63, 3.8) is 0 Å². The highest BCUT2D eigenvalue weighted by molar-refractivity contribution is 7.80. The van der Waals surface area contributed by atoms with Gasteiger partial charge in [0.25, 0.3) is 0 Å². The van der Waals surface area contributed by atoms with E-state index in [4.69, 9.17) is 0 Å². The van der Waals surface area contributed by atoms with Crippen LogP contribution in [0.15, 0.2) is 0 Å². The molecule has 0 aliphatic heterocycles. The van der Waals surface area contributed by atoms with Crippen LogP contribution in [0, 0.1) is 0 Å². The molecule has 0 aliphatic rings. The van der Waals surface area contributed by atoms with Crippen molar-refractivity contribution in [1.82, 2.24) is 10.6 Å². The molecule has 0 spiro atoms. The molecule has 0 rings (SSSR count). The van der Waals surface area contributed by atoms with Gasteiger partial charge < -0.3 is 10.6 Å². The maximum absolute atomic E-state index is 9.80. The Hall–Kier alpha value is -0.350. The van der Waals surface area contributed by atoms with Crippen LogP contribution in [0.3, 0.4) is 0 Å². The van der Waals surface area contributed by atoms with E-state index in [1.54, 1.807) is 7.05 Å². The third kappa shape index (κ3) is 3.83. The van der Waals surface area contributed by atoms with Gasteiger partial charge in [0.05, 0.1) is 6.61 Å². The van der Waals surface area contributed by atoms with E-state index in [1.165, 1.54) is 0 Å². The van der Waals surface area contributed by atoms with Gasteiger partial charge in [-0.2, -0.15) is 0 Å². The van der Waals surface area contributed by atoms with Crippen molar-refractivity contribution in [2.75, 3.05) is 20.2 Å². The standard InChI is InChI=1S/C4H9N2OS/c1-5-4(8)6-2-3-7/h2-3H2,1H3,(H2,5,6,8). The Morgan fingerprint density at radius 1 is 1.75 bits per heavy atom. The van der Waals surface area contributed by atoms with Crippen molar-refractivity contribution in [2.45, 2.75) is 0 Å². The van der Waals surface area contributed by atoms with E-state index < -0.39 is 0 Å². The maximum atomic E-state index is 9.80. The molecule has 0 aliphatic carbocycles. The number of hydrogen-bond acceptors (Lipinski definition) is 1. The zero-order valence-electron chi connectivity index (χ0n) is 4.73. The fourth-order valence-electron chi connectivity index (χ4n) is 0.253. The first kappa shape index (κ1) is 7.65. The molecule has 3 nitrogen and oxygen atoms in total. The summed E-state index contributed by atoms with van der Waals surface area (Å²) in [6, 6.07) is 0. The summed E-state index contributed by atoms with van der Waals surface area (Å²) in [6.45, 7) is 0.265. The first-order valence-electron chi connectivity index (χ1n) is 2.35. The van der Waals surface area contributed by atoms with E-state index in [0.717, 1.165) is 0 Å². The van der Waals surface area contributed by atoms with Crippen LogP contribution >= 0.6 is 12.2 Å². The molecular weight excluding hydrogens is 124 g/mol. The van der Waals surface area contributed by atoms with Gasteiger partial charge in [0.15, 0.2) is 5.11 Å². The van der Waals surface area contributed by atoms with Crippen molar-refractivity contribution in [3.05, 3.63) is 0 Å². The van der Waals surface area contributed by atoms with Crippen molar-refractivity contribution >= 4 is 17.3 Å². The summed E-state index contributed by atoms with van der Waals surface area (Å²) < 4.78 is 0. The summed E-state index contributed by atoms with van der Waals surface area (Å²) >= 11 is 4.66. The van der Waals surface area contributed by atoms with Gasteiger partial charge in [0.1, 0.15) is 0 Å². The van der Waals surface area contributed by atoms with Gasteiger partial charge in [-0.25, -0.2) is 5.11 Å². The Bertz CT molecular complexity index is 76.4. The lowest BCUT2D eigenvalue weighted by Crippen LogP contribution is -2.33. The lowest BCUT2D eigenvalue weighted by Gasteiger charge is -2.01. The van der Waals surface area contributed by atoms with E-state index in [2.05, 4.69) is 22.9 Å². The van der Waals surface area contributed by atoms with Crippen molar-refractivity contribution in [1.29, 1.82) is 0 Å². The lowest BCUT2D eigenvalue weighted by molar-refractivity contribution is 0.199. The van der Waals surface area contributed by atoms with Gasteiger partial charge in [-0.3, -0.25) is 0 Å². The van der Waals surface area contributed by atoms with Crippen LogP contribution in [0.2, 0.25) is 0 Å². The summed E-state index contributed by atoms with van der Waals surface area (Å²) in [5.74, 6) is 0. The normalized spacial score (nSPS) is 8.25. The number of rotatable bonds is 2. The smallest absolute Gasteiger partial charge is 0.166 e. The molecule has 1 radical (unpaired) electrons. The molecule has 0 bridgehead atoms. The third-order valence-corrected chi connectivity index (χ3v) is 0.963. The second kappa shape index (κ2) is 4.80. The minimum Gasteiger partial charge on any atom is -0.366 e. The highest BCUT2D eigenvalue weighted by Gasteiger charge is 1.85. The number of thiocarbonyl (C=S) groups is 1. The topological polar surface area (TPSA) is 44.0 Å². The Labute approximate surface area is 54.1 Å². The summed E-state index contributed by atoms with van der Waals surface area (Å²) in [5, 5.41) is 15.7. The van der Waals surface area contributed by atoms with Crippen LogP contribution in [-0.2, 0) is 5.11 Å². The van der Waals surface area contributed by atoms with Crippen molar-refractivity contribution < 1.29 is 5.11 Å². The predicted molar refractivity (Wildman–Crippen MR) is 35.2 cm³/mol. The summed E-state index contributed by atoms with van der Waals surface area (Å²) in [6.07, 6.45) is 0. The van der Waals surface area contributed by atoms with Crippen LogP contribution in [0.5, 0.6) is 0 Å². The van der Waals surface area contributed by atoms with Gasteiger partial charge in [-0.15, -0.1) is 0 Å². The van der Waals surface area contributed by atoms with Crippen LogP contribution in [-0.4, -0.2) is 25.3 Å². The molecule has 0 unspecified atom stereocenters. The fraction of sp³-hybridized carbons (Fsp3) is 0.750. The molecule has 8 heavy (non-hydrogen) atoms. The van der Waals surface area contributed by atoms with E-state index in [0.29, 0.717) is 11.7 Å². The molecule has 0 atom stereocenters. The average Bonchev–Trinajstić information content (AvgIpc) is 1.83. The van der Waals surface area contributed by atoms with Crippen LogP contribution < -0.4 is 10.6 Å². The molecule has 4 heteroatoms. The van der Waals surface area contributed by atoms with Crippen LogP contribution in [0.4, 0.5) is 0 Å². The van der Waals surface area contributed by atoms with E-state index in [-0.39, 0.29) is 6.61 Å². The highest BCUT2D eigenvalue weighted by Crippen LogP contribution is 1.60. The Morgan fingerprint density at radius 3 is 2.75 bits per heavy atom. The molecule has 47 valence electrons. The molecule has 0 saturated heterocycles. The zero-order valence-corrected chi connectivity index (χ0v) is 5.55. The molecular formula is C4H9N2OS. The van der Waals surface area contributed by atoms with Gasteiger partial charge in [-0.1, -0.05) is 0 Å². The van der Waals surface area contributed by atoms with Gasteiger partial charge in [0, 0.05) is 13.6 Å². The molecule has 0 amide bonds. The second-order valence-electron chi connectivity index (χ2n) is 1.21. The van der Waals surface area contributed by atoms with E-state index >= 15 is 0 Å². The minimum atomic E-state index is -0.137. The minimum absolute atomic E-state index is 0.137. The van der Waals surface area contributed by atoms with Crippen molar-refractivity contribution in [3.8, 4) is 0 Å². The second-order valence-corrected chi connectivity index (χ2v) is 1.62.